The van der Waals surface area contributed by atoms with Gasteiger partial charge in [0.05, 0.1) is 11.1 Å². The molecule has 2 heterocycles. The summed E-state index contributed by atoms with van der Waals surface area (Å²) < 4.78 is 14.1. The number of hydrogen-bond acceptors (Lipinski definition) is 6. The maximum absolute atomic E-state index is 14.9. The molecule has 0 atom stereocenters. The zero-order valence-electron chi connectivity index (χ0n) is 34.5. The van der Waals surface area contributed by atoms with Crippen LogP contribution in [0.15, 0.2) is 72.8 Å². The van der Waals surface area contributed by atoms with Crippen LogP contribution in [-0.2, 0) is 0 Å². The van der Waals surface area contributed by atoms with Crippen molar-refractivity contribution in [1.29, 1.82) is 0 Å². The van der Waals surface area contributed by atoms with Crippen LogP contribution in [0.25, 0.3) is 43.1 Å². The standard InChI is InChI=1S/C52H46N2O6/c1-27-13-11-14-28(2)47(27)59-39-25-37-41-35(49(55)53(51(37)57)31-17-7-5-8-18-31)24-22-34-44-40(60-48-29(3)15-12-16-30(48)4)26-38-42-36(23-21-33(46(42)44)43(39)45(34)41)50(56)54(52(38)58)32-19-9-6-10-20-32/h11-16,21-26,31-32H,5-10,17-20H2,1-4H3. The zero-order valence-corrected chi connectivity index (χ0v) is 34.5. The molecule has 8 nitrogen and oxygen atoms in total. The van der Waals surface area contributed by atoms with E-state index >= 15 is 0 Å². The van der Waals surface area contributed by atoms with Crippen LogP contribution in [0.1, 0.15) is 128 Å². The van der Waals surface area contributed by atoms with E-state index in [1.165, 1.54) is 9.80 Å². The Kier molecular flexibility index (Phi) is 8.35. The fourth-order valence-electron chi connectivity index (χ4n) is 11.1. The van der Waals surface area contributed by atoms with Crippen LogP contribution in [0.5, 0.6) is 23.0 Å². The van der Waals surface area contributed by atoms with E-state index in [0.29, 0.717) is 66.8 Å². The molecule has 0 bridgehead atoms. The molecule has 2 saturated carbocycles. The Morgan fingerprint density at radius 3 is 1.13 bits per heavy atom. The van der Waals surface area contributed by atoms with Crippen molar-refractivity contribution in [1.82, 2.24) is 9.80 Å². The van der Waals surface area contributed by atoms with Crippen molar-refractivity contribution in [3.05, 3.63) is 117 Å². The number of ether oxygens (including phenoxy) is 2. The summed E-state index contributed by atoms with van der Waals surface area (Å²) in [6.07, 6.45) is 9.21. The van der Waals surface area contributed by atoms with Crippen LogP contribution in [-0.4, -0.2) is 45.5 Å². The van der Waals surface area contributed by atoms with Gasteiger partial charge < -0.3 is 9.47 Å². The van der Waals surface area contributed by atoms with E-state index in [0.717, 1.165) is 108 Å². The number of nitrogens with zero attached hydrogens (tertiary/aromatic N) is 2. The average molecular weight is 795 g/mol. The smallest absolute Gasteiger partial charge is 0.261 e. The Morgan fingerprint density at radius 2 is 0.767 bits per heavy atom. The van der Waals surface area contributed by atoms with Gasteiger partial charge in [0.2, 0.25) is 0 Å². The quantitative estimate of drug-likeness (QED) is 0.0945. The lowest BCUT2D eigenvalue weighted by Crippen LogP contribution is -2.48. The van der Waals surface area contributed by atoms with Crippen molar-refractivity contribution in [2.24, 2.45) is 0 Å². The first-order valence-electron chi connectivity index (χ1n) is 21.6. The number of aryl methyl sites for hydroxylation is 4. The zero-order chi connectivity index (χ0) is 41.1. The van der Waals surface area contributed by atoms with Crippen LogP contribution in [0.3, 0.4) is 0 Å². The van der Waals surface area contributed by atoms with Gasteiger partial charge in [0, 0.05) is 55.5 Å². The van der Waals surface area contributed by atoms with Gasteiger partial charge in [-0.2, -0.15) is 0 Å². The van der Waals surface area contributed by atoms with E-state index in [-0.39, 0.29) is 35.7 Å². The summed E-state index contributed by atoms with van der Waals surface area (Å²) in [7, 11) is 0. The van der Waals surface area contributed by atoms with Crippen LogP contribution < -0.4 is 9.47 Å². The molecular formula is C52H46N2O6. The first kappa shape index (κ1) is 36.8. The van der Waals surface area contributed by atoms with Crippen molar-refractivity contribution in [2.75, 3.05) is 0 Å². The molecule has 7 aromatic rings. The lowest BCUT2D eigenvalue weighted by molar-refractivity contribution is 0.0487. The van der Waals surface area contributed by atoms with E-state index in [2.05, 4.69) is 0 Å². The number of carbonyl (C=O) groups is 4. The minimum Gasteiger partial charge on any atom is -0.456 e. The highest BCUT2D eigenvalue weighted by atomic mass is 16.5. The second kappa shape index (κ2) is 13.6. The number of benzene rings is 7. The summed E-state index contributed by atoms with van der Waals surface area (Å²) in [6.45, 7) is 8.02. The summed E-state index contributed by atoms with van der Waals surface area (Å²) in [4.78, 5) is 62.2. The molecule has 0 aromatic heterocycles. The first-order valence-corrected chi connectivity index (χ1v) is 21.6. The van der Waals surface area contributed by atoms with E-state index in [9.17, 15) is 19.2 Å². The minimum atomic E-state index is -0.309. The summed E-state index contributed by atoms with van der Waals surface area (Å²) in [5, 5.41) is 5.53. The Labute approximate surface area is 348 Å². The lowest BCUT2D eigenvalue weighted by Gasteiger charge is -2.37. The van der Waals surface area contributed by atoms with Gasteiger partial charge in [-0.1, -0.05) is 87.1 Å². The van der Waals surface area contributed by atoms with Gasteiger partial charge in [-0.3, -0.25) is 29.0 Å². The van der Waals surface area contributed by atoms with Gasteiger partial charge in [-0.05, 0) is 111 Å². The Morgan fingerprint density at radius 1 is 0.417 bits per heavy atom. The predicted molar refractivity (Wildman–Crippen MR) is 234 cm³/mol. The molecule has 4 aliphatic rings. The number of carbonyl (C=O) groups excluding carboxylic acids is 4. The number of amides is 4. The molecule has 4 amide bonds. The van der Waals surface area contributed by atoms with Gasteiger partial charge in [0.25, 0.3) is 23.6 Å². The van der Waals surface area contributed by atoms with Crippen molar-refractivity contribution in [2.45, 2.75) is 104 Å². The topological polar surface area (TPSA) is 93.2 Å². The highest BCUT2D eigenvalue weighted by molar-refractivity contribution is 6.43. The van der Waals surface area contributed by atoms with Gasteiger partial charge in [-0.25, -0.2) is 0 Å². The molecule has 7 aromatic carbocycles. The lowest BCUT2D eigenvalue weighted by atomic mass is 9.80. The molecule has 8 heteroatoms. The van der Waals surface area contributed by atoms with E-state index in [1.807, 2.05) is 100 Å². The van der Waals surface area contributed by atoms with E-state index in [4.69, 9.17) is 9.47 Å². The van der Waals surface area contributed by atoms with Gasteiger partial charge in [0.1, 0.15) is 23.0 Å². The molecule has 11 rings (SSSR count). The molecule has 0 unspecified atom stereocenters. The van der Waals surface area contributed by atoms with Gasteiger partial charge in [0.15, 0.2) is 0 Å². The number of fused-ring (bicyclic) bond motifs is 2. The Bertz CT molecular complexity index is 2800. The molecule has 2 aliphatic heterocycles. The SMILES string of the molecule is Cc1cccc(C)c1Oc1cc2c3c(ccc4c5c(Oc6c(C)cccc6C)cc6c7c(ccc(c1c34)c75)C(=O)N(C1CCCCC1)C6=O)C(=O)N(C1CCCCC1)C2=O. The van der Waals surface area contributed by atoms with Crippen LogP contribution >= 0.6 is 0 Å². The fraction of sp³-hybridized carbons (Fsp3) is 0.308. The third-order valence-electron chi connectivity index (χ3n) is 13.9. The Balaban J connectivity index is 1.28. The van der Waals surface area contributed by atoms with Crippen LogP contribution in [0.2, 0.25) is 0 Å². The second-order valence-electron chi connectivity index (χ2n) is 17.6. The summed E-state index contributed by atoms with van der Waals surface area (Å²) in [5.74, 6) is 1.14. The molecule has 60 heavy (non-hydrogen) atoms. The third kappa shape index (κ3) is 5.22. The molecule has 2 aliphatic carbocycles. The highest BCUT2D eigenvalue weighted by Crippen LogP contribution is 2.54. The van der Waals surface area contributed by atoms with Crippen molar-refractivity contribution >= 4 is 66.7 Å². The van der Waals surface area contributed by atoms with E-state index in [1.54, 1.807) is 0 Å². The molecule has 0 spiro atoms. The summed E-state index contributed by atoms with van der Waals surface area (Å²) in [5.41, 5.74) is 5.56. The molecule has 2 fully saturated rings. The number of para-hydroxylation sites is 2. The maximum atomic E-state index is 14.9. The van der Waals surface area contributed by atoms with Crippen molar-refractivity contribution in [3.63, 3.8) is 0 Å². The second-order valence-corrected chi connectivity index (χ2v) is 17.6. The minimum absolute atomic E-state index is 0.172. The molecule has 0 radical (unpaired) electrons. The predicted octanol–water partition coefficient (Wildman–Crippen LogP) is 12.4. The number of imide groups is 2. The number of hydrogen-bond donors (Lipinski definition) is 0. The molecule has 0 saturated heterocycles. The van der Waals surface area contributed by atoms with Gasteiger partial charge >= 0.3 is 0 Å². The number of rotatable bonds is 6. The van der Waals surface area contributed by atoms with Gasteiger partial charge in [-0.15, -0.1) is 0 Å². The fourth-order valence-corrected chi connectivity index (χ4v) is 11.1. The highest BCUT2D eigenvalue weighted by Gasteiger charge is 2.42. The maximum Gasteiger partial charge on any atom is 0.261 e. The molecular weight excluding hydrogens is 749 g/mol. The normalized spacial score (nSPS) is 17.6. The van der Waals surface area contributed by atoms with Crippen molar-refractivity contribution < 1.29 is 28.7 Å². The first-order chi connectivity index (χ1) is 29.1. The van der Waals surface area contributed by atoms with E-state index < -0.39 is 0 Å². The molecule has 0 N–H and O–H groups in total. The Hall–Kier alpha value is -6.28. The van der Waals surface area contributed by atoms with Crippen molar-refractivity contribution in [3.8, 4) is 23.0 Å². The molecule has 300 valence electrons. The summed E-state index contributed by atoms with van der Waals surface area (Å²) >= 11 is 0. The monoisotopic (exact) mass is 794 g/mol. The van der Waals surface area contributed by atoms with Crippen LogP contribution in [0, 0.1) is 27.7 Å². The third-order valence-corrected chi connectivity index (χ3v) is 13.9. The average Bonchev–Trinajstić information content (AvgIpc) is 3.25. The van der Waals surface area contributed by atoms with Crippen LogP contribution in [0.4, 0.5) is 0 Å². The summed E-state index contributed by atoms with van der Waals surface area (Å²) in [6, 6.07) is 23.0. The largest absolute Gasteiger partial charge is 0.456 e.